The molecule has 0 atom stereocenters. The number of para-hydroxylation sites is 1. The summed E-state index contributed by atoms with van der Waals surface area (Å²) < 4.78 is 5.52. The molecule has 0 bridgehead atoms. The highest BCUT2D eigenvalue weighted by Gasteiger charge is 2.06. The first kappa shape index (κ1) is 10.4. The number of hydrogen-bond donors (Lipinski definition) is 1. The van der Waals surface area contributed by atoms with E-state index in [1.54, 1.807) is 6.20 Å². The first-order chi connectivity index (χ1) is 7.81. The zero-order valence-electron chi connectivity index (χ0n) is 9.05. The number of hydrogen-bond acceptors (Lipinski definition) is 4. The van der Waals surface area contributed by atoms with Crippen molar-refractivity contribution >= 4 is 5.82 Å². The van der Waals surface area contributed by atoms with E-state index in [9.17, 15) is 0 Å². The number of anilines is 1. The van der Waals surface area contributed by atoms with Gasteiger partial charge in [0.05, 0.1) is 24.7 Å². The summed E-state index contributed by atoms with van der Waals surface area (Å²) in [4.78, 5) is 8.24. The van der Waals surface area contributed by atoms with Crippen LogP contribution in [0.25, 0.3) is 11.3 Å². The summed E-state index contributed by atoms with van der Waals surface area (Å²) in [6, 6.07) is 7.73. The third-order valence-electron chi connectivity index (χ3n) is 2.13. The Morgan fingerprint density at radius 1 is 1.19 bits per heavy atom. The zero-order valence-corrected chi connectivity index (χ0v) is 9.05. The zero-order chi connectivity index (χ0) is 11.4. The summed E-state index contributed by atoms with van der Waals surface area (Å²) in [7, 11) is 0. The van der Waals surface area contributed by atoms with Gasteiger partial charge in [0.15, 0.2) is 0 Å². The molecule has 4 nitrogen and oxygen atoms in total. The summed E-state index contributed by atoms with van der Waals surface area (Å²) >= 11 is 0. The number of nitrogens with two attached hydrogens (primary N) is 1. The number of nitrogen functional groups attached to an aromatic ring is 1. The van der Waals surface area contributed by atoms with Crippen LogP contribution in [0, 0.1) is 0 Å². The molecular formula is C12H13N3O. The molecule has 1 aromatic heterocycles. The van der Waals surface area contributed by atoms with Gasteiger partial charge < -0.3 is 10.5 Å². The summed E-state index contributed by atoms with van der Waals surface area (Å²) in [5.41, 5.74) is 7.19. The normalized spacial score (nSPS) is 10.1. The molecule has 16 heavy (non-hydrogen) atoms. The lowest BCUT2D eigenvalue weighted by Gasteiger charge is -2.08. The van der Waals surface area contributed by atoms with E-state index in [1.165, 1.54) is 6.20 Å². The van der Waals surface area contributed by atoms with Crippen LogP contribution in [0.15, 0.2) is 36.7 Å². The average Bonchev–Trinajstić information content (AvgIpc) is 2.32. The van der Waals surface area contributed by atoms with Crippen LogP contribution in [0.1, 0.15) is 6.92 Å². The number of aromatic nitrogens is 2. The average molecular weight is 215 g/mol. The molecule has 0 aliphatic rings. The predicted octanol–water partition coefficient (Wildman–Crippen LogP) is 2.12. The molecule has 2 aromatic rings. The molecule has 0 radical (unpaired) electrons. The van der Waals surface area contributed by atoms with Gasteiger partial charge >= 0.3 is 0 Å². The van der Waals surface area contributed by atoms with Gasteiger partial charge in [-0.25, -0.2) is 4.98 Å². The maximum atomic E-state index is 5.52. The van der Waals surface area contributed by atoms with Crippen LogP contribution in [0.4, 0.5) is 5.82 Å². The molecule has 1 aromatic carbocycles. The lowest BCUT2D eigenvalue weighted by Crippen LogP contribution is -1.96. The maximum absolute atomic E-state index is 5.52. The van der Waals surface area contributed by atoms with Crippen LogP contribution >= 0.6 is 0 Å². The largest absolute Gasteiger partial charge is 0.493 e. The highest BCUT2D eigenvalue weighted by Crippen LogP contribution is 2.27. The summed E-state index contributed by atoms with van der Waals surface area (Å²) in [5.74, 6) is 1.22. The Morgan fingerprint density at radius 2 is 2.00 bits per heavy atom. The number of rotatable bonds is 3. The third kappa shape index (κ3) is 2.11. The highest BCUT2D eigenvalue weighted by atomic mass is 16.5. The van der Waals surface area contributed by atoms with Crippen molar-refractivity contribution in [1.82, 2.24) is 9.97 Å². The van der Waals surface area contributed by atoms with Crippen molar-refractivity contribution in [3.8, 4) is 17.0 Å². The van der Waals surface area contributed by atoms with Crippen molar-refractivity contribution in [3.05, 3.63) is 36.7 Å². The van der Waals surface area contributed by atoms with Crippen molar-refractivity contribution in [2.45, 2.75) is 6.92 Å². The number of nitrogens with zero attached hydrogens (tertiary/aromatic N) is 2. The van der Waals surface area contributed by atoms with Gasteiger partial charge in [-0.2, -0.15) is 0 Å². The van der Waals surface area contributed by atoms with Gasteiger partial charge in [0.2, 0.25) is 0 Å². The number of benzene rings is 1. The molecular weight excluding hydrogens is 202 g/mol. The second-order valence-corrected chi connectivity index (χ2v) is 3.26. The molecule has 2 rings (SSSR count). The van der Waals surface area contributed by atoms with E-state index in [-0.39, 0.29) is 0 Å². The summed E-state index contributed by atoms with van der Waals surface area (Å²) in [6.45, 7) is 2.57. The smallest absolute Gasteiger partial charge is 0.141 e. The molecule has 0 unspecified atom stereocenters. The van der Waals surface area contributed by atoms with E-state index in [0.29, 0.717) is 12.4 Å². The first-order valence-corrected chi connectivity index (χ1v) is 5.11. The van der Waals surface area contributed by atoms with Gasteiger partial charge in [-0.15, -0.1) is 0 Å². The monoisotopic (exact) mass is 215 g/mol. The summed E-state index contributed by atoms with van der Waals surface area (Å²) in [6.07, 6.45) is 3.19. The Morgan fingerprint density at radius 3 is 2.69 bits per heavy atom. The molecule has 1 heterocycles. The lowest BCUT2D eigenvalue weighted by atomic mass is 10.1. The molecule has 0 amide bonds. The van der Waals surface area contributed by atoms with Crippen molar-refractivity contribution < 1.29 is 4.74 Å². The first-order valence-electron chi connectivity index (χ1n) is 5.11. The standard InChI is InChI=1S/C12H13N3O/c1-2-16-11-6-4-3-5-9(11)10-7-15-12(13)8-14-10/h3-8H,2H2,1H3,(H2,13,15). The van der Waals surface area contributed by atoms with Crippen LogP contribution < -0.4 is 10.5 Å². The molecule has 0 saturated heterocycles. The third-order valence-corrected chi connectivity index (χ3v) is 2.13. The van der Waals surface area contributed by atoms with Crippen molar-refractivity contribution in [2.24, 2.45) is 0 Å². The minimum absolute atomic E-state index is 0.414. The maximum Gasteiger partial charge on any atom is 0.141 e. The SMILES string of the molecule is CCOc1ccccc1-c1cnc(N)cn1. The molecule has 0 saturated carbocycles. The molecule has 0 fully saturated rings. The van der Waals surface area contributed by atoms with E-state index in [0.717, 1.165) is 17.0 Å². The van der Waals surface area contributed by atoms with Crippen LogP contribution in [0.2, 0.25) is 0 Å². The van der Waals surface area contributed by atoms with E-state index in [1.807, 2.05) is 31.2 Å². The second-order valence-electron chi connectivity index (χ2n) is 3.26. The van der Waals surface area contributed by atoms with Crippen molar-refractivity contribution in [3.63, 3.8) is 0 Å². The van der Waals surface area contributed by atoms with Gasteiger partial charge in [0.1, 0.15) is 11.6 Å². The van der Waals surface area contributed by atoms with Crippen molar-refractivity contribution in [1.29, 1.82) is 0 Å². The van der Waals surface area contributed by atoms with Crippen LogP contribution in [0.5, 0.6) is 5.75 Å². The molecule has 0 aliphatic heterocycles. The lowest BCUT2D eigenvalue weighted by molar-refractivity contribution is 0.341. The van der Waals surface area contributed by atoms with Gasteiger partial charge in [-0.05, 0) is 19.1 Å². The minimum Gasteiger partial charge on any atom is -0.493 e. The highest BCUT2D eigenvalue weighted by molar-refractivity contribution is 5.66. The van der Waals surface area contributed by atoms with Crippen LogP contribution in [-0.2, 0) is 0 Å². The van der Waals surface area contributed by atoms with Gasteiger partial charge in [-0.1, -0.05) is 12.1 Å². The van der Waals surface area contributed by atoms with E-state index < -0.39 is 0 Å². The molecule has 4 heteroatoms. The minimum atomic E-state index is 0.414. The molecule has 2 N–H and O–H groups in total. The topological polar surface area (TPSA) is 61.0 Å². The van der Waals surface area contributed by atoms with Gasteiger partial charge in [-0.3, -0.25) is 4.98 Å². The van der Waals surface area contributed by atoms with Crippen molar-refractivity contribution in [2.75, 3.05) is 12.3 Å². The van der Waals surface area contributed by atoms with Gasteiger partial charge in [0, 0.05) is 5.56 Å². The molecule has 0 aliphatic carbocycles. The fraction of sp³-hybridized carbons (Fsp3) is 0.167. The Labute approximate surface area is 94.1 Å². The predicted molar refractivity (Wildman–Crippen MR) is 63.0 cm³/mol. The molecule has 82 valence electrons. The Bertz CT molecular complexity index is 468. The Hall–Kier alpha value is -2.10. The Kier molecular flexibility index (Phi) is 3.00. The van der Waals surface area contributed by atoms with E-state index in [2.05, 4.69) is 9.97 Å². The fourth-order valence-electron chi connectivity index (χ4n) is 1.44. The van der Waals surface area contributed by atoms with Crippen LogP contribution in [-0.4, -0.2) is 16.6 Å². The quantitative estimate of drug-likeness (QED) is 0.851. The Balaban J connectivity index is 2.42. The number of ether oxygens (including phenoxy) is 1. The van der Waals surface area contributed by atoms with E-state index in [4.69, 9.17) is 10.5 Å². The van der Waals surface area contributed by atoms with E-state index >= 15 is 0 Å². The molecule has 0 spiro atoms. The van der Waals surface area contributed by atoms with Gasteiger partial charge in [0.25, 0.3) is 0 Å². The second kappa shape index (κ2) is 4.61. The summed E-state index contributed by atoms with van der Waals surface area (Å²) in [5, 5.41) is 0. The van der Waals surface area contributed by atoms with Crippen LogP contribution in [0.3, 0.4) is 0 Å². The fourth-order valence-corrected chi connectivity index (χ4v) is 1.44.